The minimum absolute atomic E-state index is 0.0775. The van der Waals surface area contributed by atoms with Crippen LogP contribution in [0.25, 0.3) is 0 Å². The molecule has 0 atom stereocenters. The molecule has 0 aromatic heterocycles. The molecule has 28 heavy (non-hydrogen) atoms. The van der Waals surface area contributed by atoms with E-state index >= 15 is 0 Å². The number of benzene rings is 2. The van der Waals surface area contributed by atoms with Crippen LogP contribution in [0.1, 0.15) is 12.8 Å². The Morgan fingerprint density at radius 2 is 1.04 bits per heavy atom. The van der Waals surface area contributed by atoms with Crippen LogP contribution in [-0.2, 0) is 19.1 Å². The monoisotopic (exact) mass is 384 g/mol. The molecule has 0 amide bonds. The number of hydrogen-bond donors (Lipinski definition) is 0. The number of rotatable bonds is 11. The van der Waals surface area contributed by atoms with Gasteiger partial charge in [0.2, 0.25) is 0 Å². The largest absolute Gasteiger partial charge is 0.462 e. The molecule has 0 heterocycles. The van der Waals surface area contributed by atoms with E-state index in [0.29, 0.717) is 13.1 Å². The summed E-state index contributed by atoms with van der Waals surface area (Å²) in [5.41, 5.74) is 2.09. The molecular formula is C22H28N2O4. The molecular weight excluding hydrogens is 356 g/mol. The lowest BCUT2D eigenvalue weighted by Crippen LogP contribution is -2.24. The van der Waals surface area contributed by atoms with Crippen LogP contribution in [0.5, 0.6) is 0 Å². The molecule has 0 unspecified atom stereocenters. The number of para-hydroxylation sites is 2. The van der Waals surface area contributed by atoms with Gasteiger partial charge < -0.3 is 19.3 Å². The summed E-state index contributed by atoms with van der Waals surface area (Å²) in [6.07, 6.45) is 0.558. The fourth-order valence-electron chi connectivity index (χ4n) is 2.60. The van der Waals surface area contributed by atoms with Crippen molar-refractivity contribution in [3.63, 3.8) is 0 Å². The zero-order valence-corrected chi connectivity index (χ0v) is 16.5. The predicted molar refractivity (Wildman–Crippen MR) is 111 cm³/mol. The molecule has 0 saturated heterocycles. The molecule has 2 rings (SSSR count). The normalized spacial score (nSPS) is 10.2. The number of hydrogen-bond acceptors (Lipinski definition) is 6. The van der Waals surface area contributed by atoms with E-state index in [4.69, 9.17) is 9.47 Å². The highest BCUT2D eigenvalue weighted by Crippen LogP contribution is 2.12. The van der Waals surface area contributed by atoms with E-state index < -0.39 is 0 Å². The molecule has 2 aromatic rings. The Kier molecular flexibility index (Phi) is 8.85. The Hall–Kier alpha value is -3.02. The molecule has 0 N–H and O–H groups in total. The van der Waals surface area contributed by atoms with Crippen LogP contribution in [0.4, 0.5) is 11.4 Å². The predicted octanol–water partition coefficient (Wildman–Crippen LogP) is 3.13. The topological polar surface area (TPSA) is 59.1 Å². The van der Waals surface area contributed by atoms with Gasteiger partial charge in [0, 0.05) is 38.6 Å². The summed E-state index contributed by atoms with van der Waals surface area (Å²) in [5.74, 6) is -0.606. The van der Waals surface area contributed by atoms with Gasteiger partial charge in [-0.25, -0.2) is 0 Å². The first-order valence-corrected chi connectivity index (χ1v) is 9.40. The average Bonchev–Trinajstić information content (AvgIpc) is 2.74. The first kappa shape index (κ1) is 21.3. The van der Waals surface area contributed by atoms with E-state index in [1.165, 1.54) is 0 Å². The Balaban J connectivity index is 1.54. The van der Waals surface area contributed by atoms with Crippen LogP contribution in [0, 0.1) is 0 Å². The van der Waals surface area contributed by atoms with E-state index in [0.717, 1.165) is 11.4 Å². The SMILES string of the molecule is CN(CCC(=O)OCCOC(=O)CCN(C)c1ccccc1)c1ccccc1. The van der Waals surface area contributed by atoms with Gasteiger partial charge in [-0.2, -0.15) is 0 Å². The van der Waals surface area contributed by atoms with Crippen molar-refractivity contribution in [1.29, 1.82) is 0 Å². The highest BCUT2D eigenvalue weighted by Gasteiger charge is 2.09. The average molecular weight is 384 g/mol. The molecule has 6 heteroatoms. The van der Waals surface area contributed by atoms with Gasteiger partial charge >= 0.3 is 11.9 Å². The molecule has 0 spiro atoms. The summed E-state index contributed by atoms with van der Waals surface area (Å²) < 4.78 is 10.2. The van der Waals surface area contributed by atoms with Crippen molar-refractivity contribution in [2.45, 2.75) is 12.8 Å². The van der Waals surface area contributed by atoms with Crippen molar-refractivity contribution in [2.24, 2.45) is 0 Å². The Bertz CT molecular complexity index is 658. The number of carbonyl (C=O) groups is 2. The number of nitrogens with zero attached hydrogens (tertiary/aromatic N) is 2. The Labute approximate surface area is 166 Å². The molecule has 0 aliphatic carbocycles. The molecule has 0 aliphatic rings. The van der Waals surface area contributed by atoms with Crippen molar-refractivity contribution >= 4 is 23.3 Å². The van der Waals surface area contributed by atoms with Crippen LogP contribution < -0.4 is 9.80 Å². The molecule has 150 valence electrons. The standard InChI is InChI=1S/C22H28N2O4/c1-23(19-9-5-3-6-10-19)15-13-21(25)27-17-18-28-22(26)14-16-24(2)20-11-7-4-8-12-20/h3-12H,13-18H2,1-2H3. The lowest BCUT2D eigenvalue weighted by atomic mass is 10.3. The zero-order chi connectivity index (χ0) is 20.2. The lowest BCUT2D eigenvalue weighted by Gasteiger charge is -2.19. The maximum absolute atomic E-state index is 11.8. The minimum atomic E-state index is -0.303. The third-order valence-electron chi connectivity index (χ3n) is 4.31. The second-order valence-corrected chi connectivity index (χ2v) is 6.46. The van der Waals surface area contributed by atoms with Gasteiger partial charge in [-0.1, -0.05) is 36.4 Å². The fraction of sp³-hybridized carbons (Fsp3) is 0.364. The van der Waals surface area contributed by atoms with Crippen molar-refractivity contribution < 1.29 is 19.1 Å². The summed E-state index contributed by atoms with van der Waals surface area (Å²) in [5, 5.41) is 0. The molecule has 0 bridgehead atoms. The molecule has 0 fully saturated rings. The van der Waals surface area contributed by atoms with E-state index in [9.17, 15) is 9.59 Å². The van der Waals surface area contributed by atoms with Crippen LogP contribution in [0.3, 0.4) is 0 Å². The van der Waals surface area contributed by atoms with Crippen LogP contribution in [-0.4, -0.2) is 52.3 Å². The molecule has 2 aromatic carbocycles. The highest BCUT2D eigenvalue weighted by atomic mass is 16.6. The zero-order valence-electron chi connectivity index (χ0n) is 16.5. The second kappa shape index (κ2) is 11.6. The van der Waals surface area contributed by atoms with Crippen LogP contribution >= 0.6 is 0 Å². The van der Waals surface area contributed by atoms with Gasteiger partial charge in [0.05, 0.1) is 12.8 Å². The van der Waals surface area contributed by atoms with Gasteiger partial charge in [0.1, 0.15) is 13.2 Å². The quantitative estimate of drug-likeness (QED) is 0.438. The first-order chi connectivity index (χ1) is 13.6. The minimum Gasteiger partial charge on any atom is -0.462 e. The third-order valence-corrected chi connectivity index (χ3v) is 4.31. The van der Waals surface area contributed by atoms with Crippen molar-refractivity contribution in [3.8, 4) is 0 Å². The molecule has 0 aliphatic heterocycles. The maximum atomic E-state index is 11.8. The Morgan fingerprint density at radius 3 is 1.39 bits per heavy atom. The summed E-state index contributed by atoms with van der Waals surface area (Å²) >= 11 is 0. The van der Waals surface area contributed by atoms with Crippen molar-refractivity contribution in [1.82, 2.24) is 0 Å². The van der Waals surface area contributed by atoms with Crippen LogP contribution in [0.15, 0.2) is 60.7 Å². The summed E-state index contributed by atoms with van der Waals surface area (Å²) in [6.45, 7) is 1.28. The smallest absolute Gasteiger partial charge is 0.307 e. The van der Waals surface area contributed by atoms with E-state index in [2.05, 4.69) is 0 Å². The van der Waals surface area contributed by atoms with E-state index in [1.54, 1.807) is 0 Å². The molecule has 6 nitrogen and oxygen atoms in total. The van der Waals surface area contributed by atoms with Gasteiger partial charge in [-0.15, -0.1) is 0 Å². The second-order valence-electron chi connectivity index (χ2n) is 6.46. The van der Waals surface area contributed by atoms with Gasteiger partial charge in [0.25, 0.3) is 0 Å². The van der Waals surface area contributed by atoms with Crippen molar-refractivity contribution in [2.75, 3.05) is 50.2 Å². The highest BCUT2D eigenvalue weighted by molar-refractivity contribution is 5.71. The van der Waals surface area contributed by atoms with Gasteiger partial charge in [0.15, 0.2) is 0 Å². The number of ether oxygens (including phenoxy) is 2. The summed E-state index contributed by atoms with van der Waals surface area (Å²) in [6, 6.07) is 19.7. The summed E-state index contributed by atoms with van der Waals surface area (Å²) in [7, 11) is 3.85. The number of anilines is 2. The molecule has 0 saturated carbocycles. The lowest BCUT2D eigenvalue weighted by molar-refractivity contribution is -0.152. The van der Waals surface area contributed by atoms with E-state index in [-0.39, 0.29) is 38.0 Å². The third kappa shape index (κ3) is 7.70. The number of esters is 2. The Morgan fingerprint density at radius 1 is 0.679 bits per heavy atom. The molecule has 0 radical (unpaired) electrons. The van der Waals surface area contributed by atoms with Crippen LogP contribution in [0.2, 0.25) is 0 Å². The first-order valence-electron chi connectivity index (χ1n) is 9.40. The van der Waals surface area contributed by atoms with Crippen molar-refractivity contribution in [3.05, 3.63) is 60.7 Å². The van der Waals surface area contributed by atoms with E-state index in [1.807, 2.05) is 84.6 Å². The summed E-state index contributed by atoms with van der Waals surface area (Å²) in [4.78, 5) is 27.6. The number of carbonyl (C=O) groups excluding carboxylic acids is 2. The fourth-order valence-corrected chi connectivity index (χ4v) is 2.60. The van der Waals surface area contributed by atoms with Gasteiger partial charge in [-0.05, 0) is 24.3 Å². The maximum Gasteiger partial charge on any atom is 0.307 e. The van der Waals surface area contributed by atoms with Gasteiger partial charge in [-0.3, -0.25) is 9.59 Å².